The minimum Gasteiger partial charge on any atom is -0.328 e. The molecule has 0 radical (unpaired) electrons. The van der Waals surface area contributed by atoms with Crippen molar-refractivity contribution in [3.05, 3.63) is 50.2 Å². The van der Waals surface area contributed by atoms with E-state index in [1.54, 1.807) is 36.1 Å². The molecule has 3 rings (SSSR count). The number of aromatic nitrogens is 3. The standard InChI is InChI=1S/C14H15ClN4O2/c1-8-10-6-19(13(20)9-4-16-17(2)5-9)7-11(10)18(3)14(21)12(8)15/h4-5H,6-7H2,1-3H3. The minimum atomic E-state index is -0.219. The molecule has 1 amide bonds. The fourth-order valence-electron chi connectivity index (χ4n) is 2.68. The first-order valence-corrected chi connectivity index (χ1v) is 6.92. The molecule has 0 saturated carbocycles. The highest BCUT2D eigenvalue weighted by Crippen LogP contribution is 2.28. The predicted octanol–water partition coefficient (Wildman–Crippen LogP) is 1.24. The van der Waals surface area contributed by atoms with Gasteiger partial charge in [0, 0.05) is 32.5 Å². The average molecular weight is 307 g/mol. The van der Waals surface area contributed by atoms with Crippen molar-refractivity contribution >= 4 is 17.5 Å². The number of nitrogens with zero attached hydrogens (tertiary/aromatic N) is 4. The number of hydrogen-bond donors (Lipinski definition) is 0. The second kappa shape index (κ2) is 4.73. The summed E-state index contributed by atoms with van der Waals surface area (Å²) in [5.41, 5.74) is 2.89. The molecule has 0 saturated heterocycles. The van der Waals surface area contributed by atoms with Gasteiger partial charge in [-0.2, -0.15) is 5.10 Å². The van der Waals surface area contributed by atoms with Gasteiger partial charge in [-0.3, -0.25) is 14.3 Å². The SMILES string of the molecule is Cc1c2c(n(C)c(=O)c1Cl)CN(C(=O)c1cnn(C)c1)C2. The largest absolute Gasteiger partial charge is 0.328 e. The lowest BCUT2D eigenvalue weighted by atomic mass is 10.1. The molecule has 0 fully saturated rings. The summed E-state index contributed by atoms with van der Waals surface area (Å²) < 4.78 is 3.12. The molecule has 3 heterocycles. The summed E-state index contributed by atoms with van der Waals surface area (Å²) in [5.74, 6) is -0.0951. The third-order valence-electron chi connectivity index (χ3n) is 3.96. The third kappa shape index (κ3) is 2.06. The quantitative estimate of drug-likeness (QED) is 0.796. The summed E-state index contributed by atoms with van der Waals surface area (Å²) in [6.07, 6.45) is 3.23. The summed E-state index contributed by atoms with van der Waals surface area (Å²) in [7, 11) is 3.45. The van der Waals surface area contributed by atoms with E-state index in [1.165, 1.54) is 4.57 Å². The van der Waals surface area contributed by atoms with Gasteiger partial charge in [-0.1, -0.05) is 11.6 Å². The zero-order valence-corrected chi connectivity index (χ0v) is 12.8. The van der Waals surface area contributed by atoms with Crippen LogP contribution in [0.4, 0.5) is 0 Å². The Morgan fingerprint density at radius 3 is 2.67 bits per heavy atom. The number of halogens is 1. The van der Waals surface area contributed by atoms with Crippen molar-refractivity contribution < 1.29 is 4.79 Å². The maximum absolute atomic E-state index is 12.5. The molecule has 6 nitrogen and oxygen atoms in total. The van der Waals surface area contributed by atoms with Gasteiger partial charge in [-0.15, -0.1) is 0 Å². The minimum absolute atomic E-state index is 0.0951. The van der Waals surface area contributed by atoms with E-state index in [9.17, 15) is 9.59 Å². The molecule has 0 spiro atoms. The van der Waals surface area contributed by atoms with Crippen LogP contribution in [0.5, 0.6) is 0 Å². The highest BCUT2D eigenvalue weighted by Gasteiger charge is 2.29. The Hall–Kier alpha value is -2.08. The fraction of sp³-hybridized carbons (Fsp3) is 0.357. The molecule has 0 unspecified atom stereocenters. The van der Waals surface area contributed by atoms with Crippen LogP contribution in [0.2, 0.25) is 5.02 Å². The molecular formula is C14H15ClN4O2. The van der Waals surface area contributed by atoms with Crippen LogP contribution in [0.3, 0.4) is 0 Å². The van der Waals surface area contributed by atoms with Crippen LogP contribution >= 0.6 is 11.6 Å². The van der Waals surface area contributed by atoms with E-state index >= 15 is 0 Å². The van der Waals surface area contributed by atoms with E-state index in [4.69, 9.17) is 11.6 Å². The van der Waals surface area contributed by atoms with Gasteiger partial charge in [-0.25, -0.2) is 0 Å². The van der Waals surface area contributed by atoms with Crippen LogP contribution in [0.15, 0.2) is 17.2 Å². The molecule has 110 valence electrons. The van der Waals surface area contributed by atoms with Gasteiger partial charge in [-0.05, 0) is 18.1 Å². The van der Waals surface area contributed by atoms with Crippen LogP contribution in [-0.4, -0.2) is 25.2 Å². The van der Waals surface area contributed by atoms with Gasteiger partial charge in [0.1, 0.15) is 5.02 Å². The fourth-order valence-corrected chi connectivity index (χ4v) is 2.92. The molecule has 2 aromatic heterocycles. The van der Waals surface area contributed by atoms with Crippen LogP contribution in [0.25, 0.3) is 0 Å². The van der Waals surface area contributed by atoms with E-state index in [2.05, 4.69) is 5.10 Å². The molecule has 2 aromatic rings. The number of aryl methyl sites for hydroxylation is 1. The Morgan fingerprint density at radius 2 is 2.05 bits per heavy atom. The van der Waals surface area contributed by atoms with Gasteiger partial charge < -0.3 is 9.47 Å². The molecule has 7 heteroatoms. The highest BCUT2D eigenvalue weighted by molar-refractivity contribution is 6.31. The van der Waals surface area contributed by atoms with E-state index in [-0.39, 0.29) is 16.5 Å². The molecule has 0 aromatic carbocycles. The highest BCUT2D eigenvalue weighted by atomic mass is 35.5. The normalized spacial score (nSPS) is 13.6. The van der Waals surface area contributed by atoms with Gasteiger partial charge in [0.05, 0.1) is 18.3 Å². The van der Waals surface area contributed by atoms with Crippen molar-refractivity contribution in [2.45, 2.75) is 20.0 Å². The Bertz CT molecular complexity index is 806. The van der Waals surface area contributed by atoms with Gasteiger partial charge in [0.2, 0.25) is 0 Å². The zero-order valence-electron chi connectivity index (χ0n) is 12.1. The average Bonchev–Trinajstić information content (AvgIpc) is 3.08. The smallest absolute Gasteiger partial charge is 0.269 e. The Labute approximate surface area is 126 Å². The third-order valence-corrected chi connectivity index (χ3v) is 4.40. The van der Waals surface area contributed by atoms with Crippen molar-refractivity contribution in [2.24, 2.45) is 14.1 Å². The lowest BCUT2D eigenvalue weighted by Crippen LogP contribution is -2.26. The van der Waals surface area contributed by atoms with E-state index < -0.39 is 0 Å². The van der Waals surface area contributed by atoms with Gasteiger partial charge in [0.25, 0.3) is 11.5 Å². The Morgan fingerprint density at radius 1 is 1.33 bits per heavy atom. The van der Waals surface area contributed by atoms with Crippen LogP contribution in [-0.2, 0) is 27.2 Å². The number of carbonyl (C=O) groups is 1. The number of pyridine rings is 1. The maximum atomic E-state index is 12.5. The number of fused-ring (bicyclic) bond motifs is 1. The first kappa shape index (κ1) is 13.9. The van der Waals surface area contributed by atoms with Crippen molar-refractivity contribution in [2.75, 3.05) is 0 Å². The summed E-state index contributed by atoms with van der Waals surface area (Å²) in [5, 5.41) is 4.24. The first-order valence-electron chi connectivity index (χ1n) is 6.55. The van der Waals surface area contributed by atoms with Crippen molar-refractivity contribution in [1.82, 2.24) is 19.2 Å². The lowest BCUT2D eigenvalue weighted by molar-refractivity contribution is 0.0749. The lowest BCUT2D eigenvalue weighted by Gasteiger charge is -2.13. The summed E-state index contributed by atoms with van der Waals surface area (Å²) >= 11 is 6.06. The summed E-state index contributed by atoms with van der Waals surface area (Å²) in [6, 6.07) is 0. The number of rotatable bonds is 1. The molecule has 0 N–H and O–H groups in total. The molecule has 0 aliphatic carbocycles. The maximum Gasteiger partial charge on any atom is 0.269 e. The molecule has 0 atom stereocenters. The second-order valence-corrected chi connectivity index (χ2v) is 5.67. The number of hydrogen-bond acceptors (Lipinski definition) is 3. The van der Waals surface area contributed by atoms with E-state index in [0.29, 0.717) is 18.7 Å². The monoisotopic (exact) mass is 306 g/mol. The van der Waals surface area contributed by atoms with E-state index in [1.807, 2.05) is 6.92 Å². The van der Waals surface area contributed by atoms with Crippen molar-refractivity contribution in [3.8, 4) is 0 Å². The Balaban J connectivity index is 1.99. The van der Waals surface area contributed by atoms with Crippen LogP contribution in [0.1, 0.15) is 27.2 Å². The second-order valence-electron chi connectivity index (χ2n) is 5.29. The summed E-state index contributed by atoms with van der Waals surface area (Å²) in [4.78, 5) is 26.2. The topological polar surface area (TPSA) is 60.1 Å². The molecule has 0 bridgehead atoms. The molecule has 1 aliphatic heterocycles. The van der Waals surface area contributed by atoms with E-state index in [0.717, 1.165) is 16.8 Å². The molecular weight excluding hydrogens is 292 g/mol. The zero-order chi connectivity index (χ0) is 15.3. The van der Waals surface area contributed by atoms with Gasteiger partial charge in [0.15, 0.2) is 0 Å². The summed E-state index contributed by atoms with van der Waals surface area (Å²) in [6.45, 7) is 2.69. The van der Waals surface area contributed by atoms with Crippen LogP contribution in [0, 0.1) is 6.92 Å². The van der Waals surface area contributed by atoms with Crippen molar-refractivity contribution in [3.63, 3.8) is 0 Å². The van der Waals surface area contributed by atoms with Gasteiger partial charge >= 0.3 is 0 Å². The molecule has 21 heavy (non-hydrogen) atoms. The first-order chi connectivity index (χ1) is 9.90. The Kier molecular flexibility index (Phi) is 3.13. The molecule has 1 aliphatic rings. The van der Waals surface area contributed by atoms with Crippen LogP contribution < -0.4 is 5.56 Å². The number of amides is 1. The van der Waals surface area contributed by atoms with Crippen molar-refractivity contribution in [1.29, 1.82) is 0 Å². The number of carbonyl (C=O) groups excluding carboxylic acids is 1. The predicted molar refractivity (Wildman–Crippen MR) is 78.2 cm³/mol.